The second-order valence-corrected chi connectivity index (χ2v) is 16.4. The van der Waals surface area contributed by atoms with Crippen LogP contribution in [0.2, 0.25) is 39.3 Å². The minimum Gasteiger partial charge on any atom is -0.377 e. The Labute approximate surface area is 104 Å². The molecule has 0 rings (SSSR count). The highest BCUT2D eigenvalue weighted by atomic mass is 28.4. The number of hydrogen-bond donors (Lipinski definition) is 0. The highest BCUT2D eigenvalue weighted by Crippen LogP contribution is 2.19. The van der Waals surface area contributed by atoms with Crippen LogP contribution in [0.4, 0.5) is 0 Å². The third-order valence-electron chi connectivity index (χ3n) is 2.53. The van der Waals surface area contributed by atoms with Crippen molar-refractivity contribution in [1.82, 2.24) is 4.23 Å². The van der Waals surface area contributed by atoms with E-state index in [1.165, 1.54) is 6.54 Å². The van der Waals surface area contributed by atoms with E-state index in [4.69, 9.17) is 4.74 Å². The van der Waals surface area contributed by atoms with Crippen molar-refractivity contribution in [3.05, 3.63) is 12.7 Å². The Morgan fingerprint density at radius 1 is 1.06 bits per heavy atom. The Kier molecular flexibility index (Phi) is 6.78. The fourth-order valence-electron chi connectivity index (χ4n) is 2.17. The van der Waals surface area contributed by atoms with Crippen LogP contribution in [0.5, 0.6) is 0 Å². The summed E-state index contributed by atoms with van der Waals surface area (Å²) in [7, 11) is -2.34. The van der Waals surface area contributed by atoms with Gasteiger partial charge in [0.05, 0.1) is 6.61 Å². The van der Waals surface area contributed by atoms with Crippen LogP contribution in [0.1, 0.15) is 6.42 Å². The van der Waals surface area contributed by atoms with Crippen molar-refractivity contribution in [2.24, 2.45) is 0 Å². The minimum atomic E-state index is -1.17. The maximum atomic E-state index is 5.44. The van der Waals surface area contributed by atoms with Gasteiger partial charge in [-0.05, 0) is 13.0 Å². The van der Waals surface area contributed by atoms with Crippen LogP contribution in [0.25, 0.3) is 0 Å². The van der Waals surface area contributed by atoms with Crippen LogP contribution in [0.15, 0.2) is 12.7 Å². The third-order valence-corrected chi connectivity index (χ3v) is 10.2. The lowest BCUT2D eigenvalue weighted by molar-refractivity contribution is 0.157. The normalized spacial score (nSPS) is 13.2. The predicted octanol–water partition coefficient (Wildman–Crippen LogP) is 3.55. The number of nitrogens with zero attached hydrogens (tertiary/aromatic N) is 1. The van der Waals surface area contributed by atoms with Gasteiger partial charge in [0.2, 0.25) is 0 Å². The van der Waals surface area contributed by atoms with Crippen molar-refractivity contribution in [3.63, 3.8) is 0 Å². The van der Waals surface area contributed by atoms with E-state index >= 15 is 0 Å². The first-order valence-electron chi connectivity index (χ1n) is 6.16. The highest BCUT2D eigenvalue weighted by Gasteiger charge is 2.33. The number of ether oxygens (including phenoxy) is 1. The summed E-state index contributed by atoms with van der Waals surface area (Å²) in [6.45, 7) is 21.0. The maximum absolute atomic E-state index is 5.44. The van der Waals surface area contributed by atoms with Gasteiger partial charge in [0.15, 0.2) is 0 Å². The second-order valence-electron chi connectivity index (χ2n) is 6.21. The first-order valence-corrected chi connectivity index (χ1v) is 13.1. The molecule has 0 aromatic carbocycles. The van der Waals surface area contributed by atoms with Crippen molar-refractivity contribution in [3.8, 4) is 0 Å². The van der Waals surface area contributed by atoms with Gasteiger partial charge < -0.3 is 8.97 Å². The standard InChI is InChI=1S/C12H29NOSi2/c1-8-11-14-12-9-10-13(15(2,3)4)16(5,6)7/h8H,1,9-12H2,2-7H3. The van der Waals surface area contributed by atoms with E-state index in [-0.39, 0.29) is 0 Å². The van der Waals surface area contributed by atoms with Crippen LogP contribution in [-0.2, 0) is 4.74 Å². The zero-order valence-corrected chi connectivity index (χ0v) is 14.0. The van der Waals surface area contributed by atoms with Crippen molar-refractivity contribution < 1.29 is 4.74 Å². The fraction of sp³-hybridized carbons (Fsp3) is 0.833. The van der Waals surface area contributed by atoms with E-state index < -0.39 is 16.5 Å². The summed E-state index contributed by atoms with van der Waals surface area (Å²) < 4.78 is 8.25. The molecule has 2 nitrogen and oxygen atoms in total. The average molecular weight is 260 g/mol. The summed E-state index contributed by atoms with van der Waals surface area (Å²) in [6.07, 6.45) is 2.96. The van der Waals surface area contributed by atoms with Crippen molar-refractivity contribution in [1.29, 1.82) is 0 Å². The molecule has 0 fully saturated rings. The highest BCUT2D eigenvalue weighted by molar-refractivity contribution is 6.89. The molecule has 0 unspecified atom stereocenters. The zero-order chi connectivity index (χ0) is 12.8. The quantitative estimate of drug-likeness (QED) is 0.375. The van der Waals surface area contributed by atoms with E-state index in [1.54, 1.807) is 0 Å². The largest absolute Gasteiger partial charge is 0.377 e. The van der Waals surface area contributed by atoms with Crippen molar-refractivity contribution in [2.75, 3.05) is 19.8 Å². The Balaban J connectivity index is 4.10. The van der Waals surface area contributed by atoms with Gasteiger partial charge in [0.1, 0.15) is 16.5 Å². The summed E-state index contributed by atoms with van der Waals surface area (Å²) in [4.78, 5) is 0. The zero-order valence-electron chi connectivity index (χ0n) is 12.0. The van der Waals surface area contributed by atoms with Crippen molar-refractivity contribution >= 4 is 16.5 Å². The van der Waals surface area contributed by atoms with Gasteiger partial charge >= 0.3 is 0 Å². The molecule has 0 aromatic heterocycles. The summed E-state index contributed by atoms with van der Waals surface area (Å²) in [5.74, 6) is 0. The van der Waals surface area contributed by atoms with E-state index in [0.717, 1.165) is 13.0 Å². The molecule has 0 amide bonds. The Morgan fingerprint density at radius 2 is 1.56 bits per heavy atom. The third kappa shape index (κ3) is 6.63. The van der Waals surface area contributed by atoms with Crippen LogP contribution in [-0.4, -0.2) is 40.5 Å². The molecule has 96 valence electrons. The smallest absolute Gasteiger partial charge is 0.112 e. The molecule has 0 spiro atoms. The van der Waals surface area contributed by atoms with Gasteiger partial charge in [-0.15, -0.1) is 6.58 Å². The van der Waals surface area contributed by atoms with Crippen LogP contribution in [0.3, 0.4) is 0 Å². The summed E-state index contributed by atoms with van der Waals surface area (Å²) >= 11 is 0. The average Bonchev–Trinajstić information content (AvgIpc) is 2.06. The van der Waals surface area contributed by atoms with Crippen LogP contribution in [0, 0.1) is 0 Å². The van der Waals surface area contributed by atoms with E-state index in [9.17, 15) is 0 Å². The van der Waals surface area contributed by atoms with E-state index in [1.807, 2.05) is 6.08 Å². The molecule has 0 saturated carbocycles. The van der Waals surface area contributed by atoms with Gasteiger partial charge in [0, 0.05) is 6.61 Å². The number of rotatable bonds is 8. The summed E-state index contributed by atoms with van der Waals surface area (Å²) in [5, 5.41) is 0. The predicted molar refractivity (Wildman–Crippen MR) is 79.0 cm³/mol. The van der Waals surface area contributed by atoms with Gasteiger partial charge in [-0.25, -0.2) is 0 Å². The molecule has 0 N–H and O–H groups in total. The fourth-order valence-corrected chi connectivity index (χ4v) is 11.9. The molecule has 16 heavy (non-hydrogen) atoms. The van der Waals surface area contributed by atoms with Crippen molar-refractivity contribution in [2.45, 2.75) is 45.7 Å². The SMILES string of the molecule is C=CCOCCCN([Si](C)(C)C)[Si](C)(C)C. The monoisotopic (exact) mass is 259 g/mol. The molecule has 0 aliphatic heterocycles. The van der Waals surface area contributed by atoms with Crippen LogP contribution < -0.4 is 0 Å². The molecule has 0 aliphatic carbocycles. The summed E-state index contributed by atoms with van der Waals surface area (Å²) in [5.41, 5.74) is 0. The lowest BCUT2D eigenvalue weighted by Gasteiger charge is -2.43. The molecule has 4 heteroatoms. The molecule has 0 heterocycles. The molecular weight excluding hydrogens is 230 g/mol. The lowest BCUT2D eigenvalue weighted by atomic mass is 10.5. The lowest BCUT2D eigenvalue weighted by Crippen LogP contribution is -2.59. The molecule has 0 atom stereocenters. The van der Waals surface area contributed by atoms with Crippen LogP contribution >= 0.6 is 0 Å². The number of hydrogen-bond acceptors (Lipinski definition) is 2. The minimum absolute atomic E-state index is 0.680. The van der Waals surface area contributed by atoms with Gasteiger partial charge in [0.25, 0.3) is 0 Å². The van der Waals surface area contributed by atoms with E-state index in [2.05, 4.69) is 50.1 Å². The second kappa shape index (κ2) is 6.74. The first-order chi connectivity index (χ1) is 7.19. The van der Waals surface area contributed by atoms with Gasteiger partial charge in [-0.2, -0.15) is 0 Å². The van der Waals surface area contributed by atoms with Gasteiger partial charge in [-0.3, -0.25) is 0 Å². The molecule has 0 bridgehead atoms. The Morgan fingerprint density at radius 3 is 1.94 bits per heavy atom. The maximum Gasteiger partial charge on any atom is 0.112 e. The first kappa shape index (κ1) is 16.1. The Bertz CT molecular complexity index is 192. The Hall–Kier alpha value is 0.0938. The van der Waals surface area contributed by atoms with Gasteiger partial charge in [-0.1, -0.05) is 45.4 Å². The molecular formula is C12H29NOSi2. The molecule has 0 aliphatic rings. The summed E-state index contributed by atoms with van der Waals surface area (Å²) in [6, 6.07) is 0. The molecule has 0 saturated heterocycles. The topological polar surface area (TPSA) is 12.5 Å². The molecule has 0 radical (unpaired) electrons. The molecule has 0 aromatic rings. The van der Waals surface area contributed by atoms with E-state index in [0.29, 0.717) is 6.61 Å².